The second-order valence-electron chi connectivity index (χ2n) is 5.60. The summed E-state index contributed by atoms with van der Waals surface area (Å²) in [6.45, 7) is 13.3. The van der Waals surface area contributed by atoms with Gasteiger partial charge in [-0.25, -0.2) is 4.79 Å². The molecular formula is C15H31N3O3. The number of carbonyl (C=O) groups excluding carboxylic acids is 1. The minimum Gasteiger partial charge on any atom is -0.382 e. The average molecular weight is 301 g/mol. The fourth-order valence-electron chi connectivity index (χ4n) is 2.50. The first-order chi connectivity index (χ1) is 10.1. The van der Waals surface area contributed by atoms with Gasteiger partial charge in [-0.15, -0.1) is 0 Å². The van der Waals surface area contributed by atoms with Gasteiger partial charge >= 0.3 is 6.03 Å². The fraction of sp³-hybridized carbons (Fsp3) is 0.933. The number of carbonyl (C=O) groups is 1. The molecule has 6 nitrogen and oxygen atoms in total. The predicted molar refractivity (Wildman–Crippen MR) is 83.6 cm³/mol. The number of urea groups is 1. The molecule has 0 unspecified atom stereocenters. The molecule has 0 aliphatic carbocycles. The maximum atomic E-state index is 12.4. The van der Waals surface area contributed by atoms with Crippen LogP contribution in [-0.4, -0.2) is 93.0 Å². The summed E-state index contributed by atoms with van der Waals surface area (Å²) < 4.78 is 10.4. The smallest absolute Gasteiger partial charge is 0.320 e. The van der Waals surface area contributed by atoms with E-state index in [1.54, 1.807) is 7.11 Å². The molecular weight excluding hydrogens is 270 g/mol. The van der Waals surface area contributed by atoms with Gasteiger partial charge in [-0.2, -0.15) is 0 Å². The average Bonchev–Trinajstić information content (AvgIpc) is 2.48. The Morgan fingerprint density at radius 2 is 1.81 bits per heavy atom. The number of piperazine rings is 1. The van der Waals surface area contributed by atoms with Crippen LogP contribution < -0.4 is 0 Å². The van der Waals surface area contributed by atoms with Crippen molar-refractivity contribution in [3.05, 3.63) is 0 Å². The monoisotopic (exact) mass is 301 g/mol. The van der Waals surface area contributed by atoms with Crippen LogP contribution in [0.25, 0.3) is 0 Å². The van der Waals surface area contributed by atoms with E-state index in [1.807, 2.05) is 16.7 Å². The van der Waals surface area contributed by atoms with E-state index in [9.17, 15) is 4.79 Å². The Bertz CT molecular complexity index is 292. The standard InChI is InChI=1S/C15H31N3O3/c1-5-18(14(2)3)15(19)17-8-6-16(7-9-17)10-11-21-13-12-20-4/h14H,5-13H2,1-4H3. The van der Waals surface area contributed by atoms with Gasteiger partial charge in [0.05, 0.1) is 19.8 Å². The van der Waals surface area contributed by atoms with E-state index in [4.69, 9.17) is 9.47 Å². The summed E-state index contributed by atoms with van der Waals surface area (Å²) in [6.07, 6.45) is 0. The molecule has 0 N–H and O–H groups in total. The summed E-state index contributed by atoms with van der Waals surface area (Å²) in [5.74, 6) is 0. The molecule has 124 valence electrons. The molecule has 1 aliphatic heterocycles. The van der Waals surface area contributed by atoms with Crippen molar-refractivity contribution in [1.29, 1.82) is 0 Å². The summed E-state index contributed by atoms with van der Waals surface area (Å²) >= 11 is 0. The van der Waals surface area contributed by atoms with Gasteiger partial charge in [0.25, 0.3) is 0 Å². The van der Waals surface area contributed by atoms with Crippen LogP contribution in [0.15, 0.2) is 0 Å². The third-order valence-corrected chi connectivity index (χ3v) is 3.84. The molecule has 6 heteroatoms. The molecule has 0 bridgehead atoms. The minimum atomic E-state index is 0.170. The highest BCUT2D eigenvalue weighted by Crippen LogP contribution is 2.08. The third kappa shape index (κ3) is 6.20. The number of amides is 2. The van der Waals surface area contributed by atoms with Gasteiger partial charge in [0.2, 0.25) is 0 Å². The van der Waals surface area contributed by atoms with Crippen molar-refractivity contribution in [3.8, 4) is 0 Å². The maximum absolute atomic E-state index is 12.4. The second kappa shape index (κ2) is 9.97. The van der Waals surface area contributed by atoms with E-state index < -0.39 is 0 Å². The van der Waals surface area contributed by atoms with Crippen molar-refractivity contribution in [2.45, 2.75) is 26.8 Å². The lowest BCUT2D eigenvalue weighted by atomic mass is 10.3. The molecule has 1 heterocycles. The number of methoxy groups -OCH3 is 1. The van der Waals surface area contributed by atoms with Crippen molar-refractivity contribution in [2.24, 2.45) is 0 Å². The SMILES string of the molecule is CCN(C(=O)N1CCN(CCOCCOC)CC1)C(C)C. The molecule has 1 fully saturated rings. The highest BCUT2D eigenvalue weighted by molar-refractivity contribution is 5.74. The Morgan fingerprint density at radius 1 is 1.14 bits per heavy atom. The van der Waals surface area contributed by atoms with Crippen molar-refractivity contribution >= 4 is 6.03 Å². The predicted octanol–water partition coefficient (Wildman–Crippen LogP) is 1.12. The Morgan fingerprint density at radius 3 is 2.33 bits per heavy atom. The molecule has 0 aromatic heterocycles. The first-order valence-electron chi connectivity index (χ1n) is 7.94. The van der Waals surface area contributed by atoms with Crippen LogP contribution in [0.1, 0.15) is 20.8 Å². The molecule has 0 saturated carbocycles. The lowest BCUT2D eigenvalue weighted by Gasteiger charge is -2.38. The molecule has 1 rings (SSSR count). The van der Waals surface area contributed by atoms with Crippen LogP contribution in [0.5, 0.6) is 0 Å². The van der Waals surface area contributed by atoms with E-state index in [-0.39, 0.29) is 12.1 Å². The van der Waals surface area contributed by atoms with Crippen LogP contribution in [0.4, 0.5) is 4.79 Å². The van der Waals surface area contributed by atoms with Crippen molar-refractivity contribution in [2.75, 3.05) is 66.2 Å². The van der Waals surface area contributed by atoms with Crippen LogP contribution in [0.3, 0.4) is 0 Å². The molecule has 0 aromatic rings. The van der Waals surface area contributed by atoms with Gasteiger partial charge in [-0.1, -0.05) is 0 Å². The first kappa shape index (κ1) is 18.2. The van der Waals surface area contributed by atoms with E-state index in [1.165, 1.54) is 0 Å². The summed E-state index contributed by atoms with van der Waals surface area (Å²) in [5, 5.41) is 0. The zero-order valence-corrected chi connectivity index (χ0v) is 14.0. The third-order valence-electron chi connectivity index (χ3n) is 3.84. The first-order valence-corrected chi connectivity index (χ1v) is 7.94. The fourth-order valence-corrected chi connectivity index (χ4v) is 2.50. The zero-order valence-electron chi connectivity index (χ0n) is 14.0. The Hall–Kier alpha value is -0.850. The van der Waals surface area contributed by atoms with Crippen LogP contribution in [0, 0.1) is 0 Å². The van der Waals surface area contributed by atoms with Crippen molar-refractivity contribution in [1.82, 2.24) is 14.7 Å². The lowest BCUT2D eigenvalue weighted by molar-refractivity contribution is 0.0467. The largest absolute Gasteiger partial charge is 0.382 e. The number of hydrogen-bond donors (Lipinski definition) is 0. The molecule has 21 heavy (non-hydrogen) atoms. The minimum absolute atomic E-state index is 0.170. The summed E-state index contributed by atoms with van der Waals surface area (Å²) in [7, 11) is 1.68. The lowest BCUT2D eigenvalue weighted by Crippen LogP contribution is -2.54. The summed E-state index contributed by atoms with van der Waals surface area (Å²) in [5.41, 5.74) is 0. The second-order valence-corrected chi connectivity index (χ2v) is 5.60. The van der Waals surface area contributed by atoms with Gasteiger partial charge in [0, 0.05) is 52.4 Å². The van der Waals surface area contributed by atoms with Crippen molar-refractivity contribution < 1.29 is 14.3 Å². The zero-order chi connectivity index (χ0) is 15.7. The number of hydrogen-bond acceptors (Lipinski definition) is 4. The van der Waals surface area contributed by atoms with E-state index in [0.717, 1.165) is 45.9 Å². The van der Waals surface area contributed by atoms with E-state index >= 15 is 0 Å². The molecule has 0 spiro atoms. The van der Waals surface area contributed by atoms with Crippen LogP contribution in [-0.2, 0) is 9.47 Å². The van der Waals surface area contributed by atoms with Crippen LogP contribution >= 0.6 is 0 Å². The van der Waals surface area contributed by atoms with Gasteiger partial charge in [-0.3, -0.25) is 4.90 Å². The number of ether oxygens (including phenoxy) is 2. The normalized spacial score (nSPS) is 16.5. The molecule has 0 atom stereocenters. The quantitative estimate of drug-likeness (QED) is 0.630. The molecule has 2 amide bonds. The highest BCUT2D eigenvalue weighted by atomic mass is 16.5. The van der Waals surface area contributed by atoms with Crippen LogP contribution in [0.2, 0.25) is 0 Å². The molecule has 0 radical (unpaired) electrons. The van der Waals surface area contributed by atoms with Gasteiger partial charge < -0.3 is 19.3 Å². The van der Waals surface area contributed by atoms with Gasteiger partial charge in [0.1, 0.15) is 0 Å². The maximum Gasteiger partial charge on any atom is 0.320 e. The Labute approximate surface area is 129 Å². The number of rotatable bonds is 8. The van der Waals surface area contributed by atoms with Gasteiger partial charge in [-0.05, 0) is 20.8 Å². The summed E-state index contributed by atoms with van der Waals surface area (Å²) in [4.78, 5) is 18.6. The highest BCUT2D eigenvalue weighted by Gasteiger charge is 2.25. The van der Waals surface area contributed by atoms with E-state index in [2.05, 4.69) is 18.7 Å². The summed E-state index contributed by atoms with van der Waals surface area (Å²) in [6, 6.07) is 0.429. The topological polar surface area (TPSA) is 45.3 Å². The van der Waals surface area contributed by atoms with Crippen molar-refractivity contribution in [3.63, 3.8) is 0 Å². The molecule has 0 aromatic carbocycles. The Balaban J connectivity index is 2.23. The molecule has 1 saturated heterocycles. The number of nitrogens with zero attached hydrogens (tertiary/aromatic N) is 3. The Kier molecular flexibility index (Phi) is 8.64. The van der Waals surface area contributed by atoms with E-state index in [0.29, 0.717) is 13.2 Å². The molecule has 1 aliphatic rings. The van der Waals surface area contributed by atoms with Gasteiger partial charge in [0.15, 0.2) is 0 Å².